The number of aromatic nitrogens is 1. The molecule has 0 saturated carbocycles. The van der Waals surface area contributed by atoms with Gasteiger partial charge in [-0.2, -0.15) is 4.99 Å². The van der Waals surface area contributed by atoms with Gasteiger partial charge in [0.1, 0.15) is 11.5 Å². The molecule has 30 heavy (non-hydrogen) atoms. The maximum absolute atomic E-state index is 12.8. The molecule has 1 heterocycles. The number of hydrogen-bond donors (Lipinski definition) is 0. The SMILES string of the molecule is C#CCn1c(=NC(=O)c2ccc(Oc3ccccc3)cc2)sc2ccc(Cl)c(C)c21. The fraction of sp³-hybridized carbons (Fsp3) is 0.0833. The van der Waals surface area contributed by atoms with E-state index in [1.165, 1.54) is 11.3 Å². The van der Waals surface area contributed by atoms with Crippen molar-refractivity contribution in [1.29, 1.82) is 0 Å². The Balaban J connectivity index is 1.67. The van der Waals surface area contributed by atoms with Crippen molar-refractivity contribution >= 4 is 39.1 Å². The molecule has 0 atom stereocenters. The highest BCUT2D eigenvalue weighted by Crippen LogP contribution is 2.27. The maximum Gasteiger partial charge on any atom is 0.279 e. The van der Waals surface area contributed by atoms with Crippen molar-refractivity contribution in [2.45, 2.75) is 13.5 Å². The van der Waals surface area contributed by atoms with E-state index in [0.717, 1.165) is 21.5 Å². The van der Waals surface area contributed by atoms with Gasteiger partial charge >= 0.3 is 0 Å². The van der Waals surface area contributed by atoms with Crippen molar-refractivity contribution in [3.63, 3.8) is 0 Å². The molecule has 4 aromatic rings. The van der Waals surface area contributed by atoms with Crippen LogP contribution in [-0.2, 0) is 6.54 Å². The van der Waals surface area contributed by atoms with Gasteiger partial charge in [0, 0.05) is 10.6 Å². The molecular weight excluding hydrogens is 416 g/mol. The van der Waals surface area contributed by atoms with Crippen LogP contribution in [0.2, 0.25) is 5.02 Å². The third kappa shape index (κ3) is 4.02. The number of fused-ring (bicyclic) bond motifs is 1. The van der Waals surface area contributed by atoms with Gasteiger partial charge in [-0.1, -0.05) is 47.1 Å². The van der Waals surface area contributed by atoms with Crippen LogP contribution in [0.15, 0.2) is 71.7 Å². The van der Waals surface area contributed by atoms with Crippen molar-refractivity contribution in [2.24, 2.45) is 4.99 Å². The number of thiazole rings is 1. The number of hydrogen-bond acceptors (Lipinski definition) is 3. The van der Waals surface area contributed by atoms with Crippen LogP contribution in [0.1, 0.15) is 15.9 Å². The van der Waals surface area contributed by atoms with Crippen LogP contribution in [0.25, 0.3) is 10.2 Å². The Hall–Kier alpha value is -3.33. The summed E-state index contributed by atoms with van der Waals surface area (Å²) in [5.74, 6) is 3.66. The molecule has 0 aliphatic heterocycles. The summed E-state index contributed by atoms with van der Waals surface area (Å²) in [5, 5.41) is 0.651. The lowest BCUT2D eigenvalue weighted by atomic mass is 10.2. The van der Waals surface area contributed by atoms with E-state index in [9.17, 15) is 4.79 Å². The molecule has 1 aromatic heterocycles. The molecule has 0 bridgehead atoms. The summed E-state index contributed by atoms with van der Waals surface area (Å²) in [5.41, 5.74) is 2.29. The van der Waals surface area contributed by atoms with E-state index in [4.69, 9.17) is 22.8 Å². The number of para-hydroxylation sites is 1. The highest BCUT2D eigenvalue weighted by Gasteiger charge is 2.12. The lowest BCUT2D eigenvalue weighted by Gasteiger charge is -2.06. The number of halogens is 1. The molecule has 0 N–H and O–H groups in total. The fourth-order valence-corrected chi connectivity index (χ4v) is 4.32. The van der Waals surface area contributed by atoms with E-state index in [2.05, 4.69) is 10.9 Å². The minimum atomic E-state index is -0.345. The van der Waals surface area contributed by atoms with Gasteiger partial charge in [-0.05, 0) is 61.0 Å². The Morgan fingerprint density at radius 1 is 1.10 bits per heavy atom. The van der Waals surface area contributed by atoms with Gasteiger partial charge in [-0.15, -0.1) is 6.42 Å². The number of carbonyl (C=O) groups is 1. The van der Waals surface area contributed by atoms with Gasteiger partial charge in [0.25, 0.3) is 5.91 Å². The number of benzene rings is 3. The number of carbonyl (C=O) groups excluding carboxylic acids is 1. The van der Waals surface area contributed by atoms with Crippen molar-refractivity contribution in [3.8, 4) is 23.8 Å². The van der Waals surface area contributed by atoms with Gasteiger partial charge in [0.05, 0.1) is 16.8 Å². The summed E-state index contributed by atoms with van der Waals surface area (Å²) in [7, 11) is 0. The Morgan fingerprint density at radius 2 is 1.80 bits per heavy atom. The standard InChI is InChI=1S/C24H17ClN2O2S/c1-3-15-27-22-16(2)20(25)13-14-21(22)30-24(27)26-23(28)17-9-11-19(12-10-17)29-18-7-5-4-6-8-18/h1,4-14H,15H2,2H3. The largest absolute Gasteiger partial charge is 0.457 e. The maximum atomic E-state index is 12.8. The molecule has 0 unspecified atom stereocenters. The Bertz CT molecular complexity index is 1330. The first-order valence-electron chi connectivity index (χ1n) is 9.21. The van der Waals surface area contributed by atoms with Crippen LogP contribution >= 0.6 is 22.9 Å². The zero-order valence-corrected chi connectivity index (χ0v) is 17.7. The first-order valence-corrected chi connectivity index (χ1v) is 10.4. The molecule has 0 radical (unpaired) electrons. The number of rotatable bonds is 4. The second-order valence-corrected chi connectivity index (χ2v) is 7.97. The number of aryl methyl sites for hydroxylation is 1. The predicted octanol–water partition coefficient (Wildman–Crippen LogP) is 5.83. The predicted molar refractivity (Wildman–Crippen MR) is 121 cm³/mol. The molecule has 4 rings (SSSR count). The van der Waals surface area contributed by atoms with Crippen molar-refractivity contribution < 1.29 is 9.53 Å². The van der Waals surface area contributed by atoms with Crippen LogP contribution in [0.4, 0.5) is 0 Å². The van der Waals surface area contributed by atoms with Crippen LogP contribution in [-0.4, -0.2) is 10.5 Å². The van der Waals surface area contributed by atoms with Gasteiger partial charge in [-0.25, -0.2) is 0 Å². The normalized spacial score (nSPS) is 11.4. The third-order valence-electron chi connectivity index (χ3n) is 4.56. The minimum absolute atomic E-state index is 0.303. The van der Waals surface area contributed by atoms with E-state index in [-0.39, 0.29) is 5.91 Å². The van der Waals surface area contributed by atoms with E-state index >= 15 is 0 Å². The Morgan fingerprint density at radius 3 is 2.50 bits per heavy atom. The summed E-state index contributed by atoms with van der Waals surface area (Å²) in [4.78, 5) is 17.7. The monoisotopic (exact) mass is 432 g/mol. The molecule has 0 fully saturated rings. The molecule has 1 amide bonds. The summed E-state index contributed by atoms with van der Waals surface area (Å²) >= 11 is 7.68. The lowest BCUT2D eigenvalue weighted by Crippen LogP contribution is -2.17. The van der Waals surface area contributed by atoms with Crippen LogP contribution in [0, 0.1) is 19.3 Å². The average Bonchev–Trinajstić information content (AvgIpc) is 3.10. The number of amides is 1. The topological polar surface area (TPSA) is 43.6 Å². The number of nitrogens with zero attached hydrogens (tertiary/aromatic N) is 2. The van der Waals surface area contributed by atoms with Crippen LogP contribution < -0.4 is 9.54 Å². The zero-order valence-electron chi connectivity index (χ0n) is 16.1. The van der Waals surface area contributed by atoms with Crippen molar-refractivity contribution in [1.82, 2.24) is 4.57 Å². The number of terminal acetylenes is 1. The van der Waals surface area contributed by atoms with E-state index in [1.807, 2.05) is 54.0 Å². The van der Waals surface area contributed by atoms with Crippen molar-refractivity contribution in [3.05, 3.63) is 87.7 Å². The van der Waals surface area contributed by atoms with Gasteiger partial charge in [0.2, 0.25) is 0 Å². The van der Waals surface area contributed by atoms with Gasteiger partial charge in [-0.3, -0.25) is 4.79 Å². The molecule has 0 aliphatic carbocycles. The highest BCUT2D eigenvalue weighted by molar-refractivity contribution is 7.16. The Labute approximate surface area is 183 Å². The molecule has 0 spiro atoms. The second kappa shape index (κ2) is 8.58. The zero-order chi connectivity index (χ0) is 21.1. The molecule has 6 heteroatoms. The first-order chi connectivity index (χ1) is 14.6. The molecule has 3 aromatic carbocycles. The summed E-state index contributed by atoms with van der Waals surface area (Å²) in [6.07, 6.45) is 5.55. The average molecular weight is 433 g/mol. The summed E-state index contributed by atoms with van der Waals surface area (Å²) in [6.45, 7) is 2.23. The molecule has 4 nitrogen and oxygen atoms in total. The van der Waals surface area contributed by atoms with E-state index in [1.54, 1.807) is 24.3 Å². The third-order valence-corrected chi connectivity index (χ3v) is 6.01. The minimum Gasteiger partial charge on any atom is -0.457 e. The second-order valence-electron chi connectivity index (χ2n) is 6.55. The quantitative estimate of drug-likeness (QED) is 0.381. The molecule has 0 aliphatic rings. The number of ether oxygens (including phenoxy) is 1. The van der Waals surface area contributed by atoms with Crippen molar-refractivity contribution in [2.75, 3.05) is 0 Å². The van der Waals surface area contributed by atoms with E-state index in [0.29, 0.717) is 27.7 Å². The molecular formula is C24H17ClN2O2S. The van der Waals surface area contributed by atoms with Gasteiger partial charge in [0.15, 0.2) is 4.80 Å². The summed E-state index contributed by atoms with van der Waals surface area (Å²) < 4.78 is 8.60. The lowest BCUT2D eigenvalue weighted by molar-refractivity contribution is 0.0998. The Kier molecular flexibility index (Phi) is 5.71. The van der Waals surface area contributed by atoms with Crippen LogP contribution in [0.3, 0.4) is 0 Å². The van der Waals surface area contributed by atoms with Gasteiger partial charge < -0.3 is 9.30 Å². The molecule has 148 valence electrons. The fourth-order valence-electron chi connectivity index (χ4n) is 3.08. The highest BCUT2D eigenvalue weighted by atomic mass is 35.5. The summed E-state index contributed by atoms with van der Waals surface area (Å²) in [6, 6.07) is 20.1. The van der Waals surface area contributed by atoms with E-state index < -0.39 is 0 Å². The first kappa shape index (κ1) is 20.0. The van der Waals surface area contributed by atoms with Crippen LogP contribution in [0.5, 0.6) is 11.5 Å². The smallest absolute Gasteiger partial charge is 0.279 e. The molecule has 0 saturated heterocycles.